The molecular formula is C23H26F2N2O2. The molecule has 0 aliphatic carbocycles. The number of carbonyl (C=O) groups is 1. The Kier molecular flexibility index (Phi) is 6.09. The van der Waals surface area contributed by atoms with Crippen molar-refractivity contribution in [2.24, 2.45) is 5.92 Å². The zero-order valence-electron chi connectivity index (χ0n) is 16.4. The van der Waals surface area contributed by atoms with E-state index in [0.717, 1.165) is 24.2 Å². The first-order valence-corrected chi connectivity index (χ1v) is 10.2. The number of likely N-dealkylation sites (tertiary alicyclic amines) is 1. The Labute approximate surface area is 170 Å². The average Bonchev–Trinajstić information content (AvgIpc) is 2.95. The molecule has 2 aliphatic rings. The van der Waals surface area contributed by atoms with Gasteiger partial charge in [-0.05, 0) is 54.8 Å². The van der Waals surface area contributed by atoms with Crippen molar-refractivity contribution in [2.45, 2.75) is 25.3 Å². The Morgan fingerprint density at radius 1 is 1.00 bits per heavy atom. The molecule has 2 fully saturated rings. The summed E-state index contributed by atoms with van der Waals surface area (Å²) in [6.45, 7) is 3.41. The molecule has 29 heavy (non-hydrogen) atoms. The Bertz CT molecular complexity index is 826. The van der Waals surface area contributed by atoms with Crippen molar-refractivity contribution in [2.75, 3.05) is 37.7 Å². The number of halogens is 2. The van der Waals surface area contributed by atoms with Gasteiger partial charge >= 0.3 is 0 Å². The number of nitrogens with zero attached hydrogens (tertiary/aromatic N) is 2. The lowest BCUT2D eigenvalue weighted by Crippen LogP contribution is -2.53. The first-order valence-electron chi connectivity index (χ1n) is 10.2. The molecule has 2 aromatic carbocycles. The van der Waals surface area contributed by atoms with E-state index in [2.05, 4.69) is 4.90 Å². The number of ether oxygens (including phenoxy) is 1. The van der Waals surface area contributed by atoms with Gasteiger partial charge in [0.2, 0.25) is 5.91 Å². The van der Waals surface area contributed by atoms with Crippen molar-refractivity contribution in [1.82, 2.24) is 4.90 Å². The maximum Gasteiger partial charge on any atom is 0.222 e. The number of aryl methyl sites for hydroxylation is 1. The molecule has 2 atom stereocenters. The monoisotopic (exact) mass is 400 g/mol. The number of carbonyl (C=O) groups excluding carboxylic acids is 1. The van der Waals surface area contributed by atoms with E-state index >= 15 is 0 Å². The van der Waals surface area contributed by atoms with Crippen LogP contribution in [0.15, 0.2) is 48.5 Å². The lowest BCUT2D eigenvalue weighted by molar-refractivity contribution is -0.133. The van der Waals surface area contributed by atoms with Gasteiger partial charge in [-0.15, -0.1) is 0 Å². The van der Waals surface area contributed by atoms with Gasteiger partial charge < -0.3 is 14.5 Å². The highest BCUT2D eigenvalue weighted by Gasteiger charge is 2.36. The number of fused-ring (bicyclic) bond motifs is 1. The van der Waals surface area contributed by atoms with Gasteiger partial charge in [-0.2, -0.15) is 0 Å². The lowest BCUT2D eigenvalue weighted by atomic mass is 9.90. The zero-order chi connectivity index (χ0) is 20.2. The maximum absolute atomic E-state index is 13.3. The second-order valence-corrected chi connectivity index (χ2v) is 7.83. The summed E-state index contributed by atoms with van der Waals surface area (Å²) in [4.78, 5) is 17.0. The van der Waals surface area contributed by atoms with Crippen LogP contribution in [0.1, 0.15) is 18.4 Å². The molecule has 0 N–H and O–H groups in total. The van der Waals surface area contributed by atoms with Crippen molar-refractivity contribution in [1.29, 1.82) is 0 Å². The molecule has 2 heterocycles. The number of hydrogen-bond acceptors (Lipinski definition) is 3. The molecule has 4 rings (SSSR count). The number of hydrogen-bond donors (Lipinski definition) is 0. The molecule has 0 bridgehead atoms. The molecular weight excluding hydrogens is 374 g/mol. The van der Waals surface area contributed by atoms with Gasteiger partial charge in [0.05, 0.1) is 13.2 Å². The van der Waals surface area contributed by atoms with Crippen LogP contribution in [0.2, 0.25) is 0 Å². The summed E-state index contributed by atoms with van der Waals surface area (Å²) in [6.07, 6.45) is 1.90. The maximum atomic E-state index is 13.3. The third-order valence-corrected chi connectivity index (χ3v) is 5.95. The molecule has 0 saturated carbocycles. The molecule has 2 aliphatic heterocycles. The Hall–Kier alpha value is -2.47. The normalized spacial score (nSPS) is 22.1. The van der Waals surface area contributed by atoms with Crippen LogP contribution in [0.4, 0.5) is 14.5 Å². The van der Waals surface area contributed by atoms with Gasteiger partial charge in [0.15, 0.2) is 0 Å². The molecule has 0 spiro atoms. The molecule has 0 aromatic heterocycles. The topological polar surface area (TPSA) is 32.8 Å². The second kappa shape index (κ2) is 8.91. The SMILES string of the molecule is O=C(CCc1ccc(F)cc1)N1CC[C@H]2[C@@H](COCCN2c2ccc(F)cc2)C1. The van der Waals surface area contributed by atoms with Crippen LogP contribution in [0, 0.1) is 17.6 Å². The van der Waals surface area contributed by atoms with Gasteiger partial charge in [-0.1, -0.05) is 12.1 Å². The van der Waals surface area contributed by atoms with E-state index in [0.29, 0.717) is 39.1 Å². The number of piperidine rings is 1. The van der Waals surface area contributed by atoms with Crippen molar-refractivity contribution < 1.29 is 18.3 Å². The summed E-state index contributed by atoms with van der Waals surface area (Å²) in [6, 6.07) is 13.2. The Morgan fingerprint density at radius 2 is 1.69 bits per heavy atom. The average molecular weight is 400 g/mol. The molecule has 6 heteroatoms. The van der Waals surface area contributed by atoms with Crippen LogP contribution in [0.5, 0.6) is 0 Å². The molecule has 0 unspecified atom stereocenters. The summed E-state index contributed by atoms with van der Waals surface area (Å²) in [5.41, 5.74) is 1.97. The molecule has 154 valence electrons. The van der Waals surface area contributed by atoms with Crippen molar-refractivity contribution >= 4 is 11.6 Å². The second-order valence-electron chi connectivity index (χ2n) is 7.83. The molecule has 0 radical (unpaired) electrons. The van der Waals surface area contributed by atoms with E-state index in [1.165, 1.54) is 24.3 Å². The minimum absolute atomic E-state index is 0.130. The summed E-state index contributed by atoms with van der Waals surface area (Å²) < 4.78 is 32.2. The molecule has 1 amide bonds. The highest BCUT2D eigenvalue weighted by Crippen LogP contribution is 2.30. The summed E-state index contributed by atoms with van der Waals surface area (Å²) >= 11 is 0. The standard InChI is InChI=1S/C23H26F2N2O2/c24-19-4-1-17(2-5-19)3-10-23(28)26-12-11-22-18(15-26)16-29-14-13-27(22)21-8-6-20(25)7-9-21/h1-2,4-9,18,22H,3,10-16H2/t18-,22+/m1/s1. The number of rotatable bonds is 4. The van der Waals surface area contributed by atoms with Gasteiger partial charge in [-0.25, -0.2) is 8.78 Å². The highest BCUT2D eigenvalue weighted by atomic mass is 19.1. The van der Waals surface area contributed by atoms with Gasteiger partial charge in [0, 0.05) is 43.7 Å². The minimum atomic E-state index is -0.263. The van der Waals surface area contributed by atoms with E-state index in [4.69, 9.17) is 4.74 Å². The molecule has 2 saturated heterocycles. The van der Waals surface area contributed by atoms with Crippen LogP contribution in [-0.4, -0.2) is 49.7 Å². The van der Waals surface area contributed by atoms with E-state index in [-0.39, 0.29) is 29.5 Å². The third kappa shape index (κ3) is 4.75. The smallest absolute Gasteiger partial charge is 0.222 e. The quantitative estimate of drug-likeness (QED) is 0.786. The minimum Gasteiger partial charge on any atom is -0.379 e. The van der Waals surface area contributed by atoms with Crippen LogP contribution >= 0.6 is 0 Å². The van der Waals surface area contributed by atoms with E-state index in [1.807, 2.05) is 17.0 Å². The highest BCUT2D eigenvalue weighted by molar-refractivity contribution is 5.76. The first kappa shape index (κ1) is 19.8. The largest absolute Gasteiger partial charge is 0.379 e. The zero-order valence-corrected chi connectivity index (χ0v) is 16.4. The van der Waals surface area contributed by atoms with Gasteiger partial charge in [0.25, 0.3) is 0 Å². The summed E-state index contributed by atoms with van der Waals surface area (Å²) in [5.74, 6) is -0.143. The number of amides is 1. The fourth-order valence-corrected chi connectivity index (χ4v) is 4.40. The summed E-state index contributed by atoms with van der Waals surface area (Å²) in [5, 5.41) is 0. The van der Waals surface area contributed by atoms with Crippen molar-refractivity contribution in [3.05, 3.63) is 65.7 Å². The van der Waals surface area contributed by atoms with Crippen LogP contribution in [-0.2, 0) is 16.0 Å². The summed E-state index contributed by atoms with van der Waals surface area (Å²) in [7, 11) is 0. The lowest BCUT2D eigenvalue weighted by Gasteiger charge is -2.43. The van der Waals surface area contributed by atoms with E-state index < -0.39 is 0 Å². The van der Waals surface area contributed by atoms with E-state index in [1.54, 1.807) is 12.1 Å². The predicted octanol–water partition coefficient (Wildman–Crippen LogP) is 3.65. The van der Waals surface area contributed by atoms with Gasteiger partial charge in [0.1, 0.15) is 11.6 Å². The van der Waals surface area contributed by atoms with Crippen LogP contribution in [0.3, 0.4) is 0 Å². The number of anilines is 1. The van der Waals surface area contributed by atoms with Crippen LogP contribution in [0.25, 0.3) is 0 Å². The first-order chi connectivity index (χ1) is 14.1. The number of benzene rings is 2. The van der Waals surface area contributed by atoms with Crippen molar-refractivity contribution in [3.8, 4) is 0 Å². The van der Waals surface area contributed by atoms with E-state index in [9.17, 15) is 13.6 Å². The Morgan fingerprint density at radius 3 is 2.41 bits per heavy atom. The van der Waals surface area contributed by atoms with Crippen molar-refractivity contribution in [3.63, 3.8) is 0 Å². The Balaban J connectivity index is 1.38. The fourth-order valence-electron chi connectivity index (χ4n) is 4.40. The van der Waals surface area contributed by atoms with Crippen LogP contribution < -0.4 is 4.90 Å². The molecule has 4 nitrogen and oxygen atoms in total. The van der Waals surface area contributed by atoms with Gasteiger partial charge in [-0.3, -0.25) is 4.79 Å². The molecule has 2 aromatic rings. The fraction of sp³-hybridized carbons (Fsp3) is 0.435. The predicted molar refractivity (Wildman–Crippen MR) is 108 cm³/mol. The third-order valence-electron chi connectivity index (χ3n) is 5.95.